The van der Waals surface area contributed by atoms with Crippen LogP contribution >= 0.6 is 15.9 Å². The monoisotopic (exact) mass is 325 g/mol. The summed E-state index contributed by atoms with van der Waals surface area (Å²) in [5.74, 6) is 3.51. The van der Waals surface area contributed by atoms with Crippen LogP contribution in [0.15, 0.2) is 10.7 Å². The molecule has 0 radical (unpaired) electrons. The zero-order valence-corrected chi connectivity index (χ0v) is 13.5. The predicted octanol–water partition coefficient (Wildman–Crippen LogP) is 4.43. The van der Waals surface area contributed by atoms with Crippen molar-refractivity contribution in [3.05, 3.63) is 16.5 Å². The lowest BCUT2D eigenvalue weighted by Gasteiger charge is -2.29. The summed E-state index contributed by atoms with van der Waals surface area (Å²) in [6.07, 6.45) is 7.52. The fourth-order valence-electron chi connectivity index (χ4n) is 2.82. The molecule has 1 heterocycles. The van der Waals surface area contributed by atoms with Crippen LogP contribution in [0, 0.1) is 11.8 Å². The number of nitrogens with one attached hydrogen (secondary N) is 1. The first kappa shape index (κ1) is 14.8. The van der Waals surface area contributed by atoms with Crippen molar-refractivity contribution in [2.75, 3.05) is 11.9 Å². The van der Waals surface area contributed by atoms with Crippen molar-refractivity contribution >= 4 is 21.7 Å². The van der Waals surface area contributed by atoms with E-state index in [0.29, 0.717) is 0 Å². The molecule has 1 aliphatic rings. The van der Waals surface area contributed by atoms with E-state index in [1.807, 2.05) is 6.07 Å². The average molecular weight is 326 g/mol. The molecular formula is C15H24BrN3. The Bertz CT molecular complexity index is 408. The third kappa shape index (κ3) is 4.44. The Kier molecular flexibility index (Phi) is 5.61. The molecule has 4 heteroatoms. The quantitative estimate of drug-likeness (QED) is 0.814. The van der Waals surface area contributed by atoms with Gasteiger partial charge in [-0.05, 0) is 40.6 Å². The summed E-state index contributed by atoms with van der Waals surface area (Å²) in [7, 11) is 0. The molecule has 2 atom stereocenters. The fraction of sp³-hybridized carbons (Fsp3) is 0.733. The third-order valence-electron chi connectivity index (χ3n) is 4.05. The van der Waals surface area contributed by atoms with Crippen molar-refractivity contribution in [3.63, 3.8) is 0 Å². The normalized spacial score (nSPS) is 23.3. The summed E-state index contributed by atoms with van der Waals surface area (Å²) in [6.45, 7) is 5.57. The molecule has 0 saturated heterocycles. The van der Waals surface area contributed by atoms with E-state index in [1.54, 1.807) is 0 Å². The Morgan fingerprint density at radius 2 is 2.11 bits per heavy atom. The lowest BCUT2D eigenvalue weighted by molar-refractivity contribution is 0.268. The molecule has 19 heavy (non-hydrogen) atoms. The van der Waals surface area contributed by atoms with Crippen LogP contribution in [0.25, 0.3) is 0 Å². The van der Waals surface area contributed by atoms with Crippen LogP contribution in [0.1, 0.15) is 51.8 Å². The first-order valence-electron chi connectivity index (χ1n) is 7.46. The number of hydrogen-bond donors (Lipinski definition) is 1. The van der Waals surface area contributed by atoms with Crippen molar-refractivity contribution in [2.45, 2.75) is 52.4 Å². The number of anilines is 1. The summed E-state index contributed by atoms with van der Waals surface area (Å²) in [4.78, 5) is 8.98. The molecule has 0 aromatic carbocycles. The smallest absolute Gasteiger partial charge is 0.132 e. The maximum Gasteiger partial charge on any atom is 0.132 e. The van der Waals surface area contributed by atoms with E-state index in [0.717, 1.165) is 47.5 Å². The van der Waals surface area contributed by atoms with Crippen LogP contribution in [0.2, 0.25) is 0 Å². The predicted molar refractivity (Wildman–Crippen MR) is 83.3 cm³/mol. The molecule has 0 aliphatic heterocycles. The summed E-state index contributed by atoms with van der Waals surface area (Å²) < 4.78 is 0.880. The Labute approximate surface area is 124 Å². The number of rotatable bonds is 5. The Hall–Kier alpha value is -0.640. The van der Waals surface area contributed by atoms with Gasteiger partial charge < -0.3 is 5.32 Å². The van der Waals surface area contributed by atoms with Crippen molar-refractivity contribution in [1.29, 1.82) is 0 Å². The van der Waals surface area contributed by atoms with Crippen LogP contribution in [0.4, 0.5) is 5.82 Å². The minimum Gasteiger partial charge on any atom is -0.370 e. The SMILES string of the molecule is CCCc1nc(Br)cc(NCC2CCCCC2C)n1. The van der Waals surface area contributed by atoms with Gasteiger partial charge in [0.05, 0.1) is 0 Å². The molecule has 0 bridgehead atoms. The van der Waals surface area contributed by atoms with E-state index in [2.05, 4.69) is 45.1 Å². The minimum atomic E-state index is 0.789. The standard InChI is InChI=1S/C15H24BrN3/c1-3-6-14-18-13(16)9-15(19-14)17-10-12-8-5-4-7-11(12)2/h9,11-12H,3-8,10H2,1-2H3,(H,17,18,19). The van der Waals surface area contributed by atoms with Gasteiger partial charge in [0.25, 0.3) is 0 Å². The van der Waals surface area contributed by atoms with Gasteiger partial charge in [-0.2, -0.15) is 0 Å². The lowest BCUT2D eigenvalue weighted by atomic mass is 9.80. The van der Waals surface area contributed by atoms with Crippen molar-refractivity contribution in [3.8, 4) is 0 Å². The van der Waals surface area contributed by atoms with E-state index in [9.17, 15) is 0 Å². The Morgan fingerprint density at radius 1 is 1.32 bits per heavy atom. The molecule has 1 aromatic heterocycles. The second-order valence-corrected chi connectivity index (χ2v) is 6.46. The topological polar surface area (TPSA) is 37.8 Å². The highest BCUT2D eigenvalue weighted by Crippen LogP contribution is 2.29. The van der Waals surface area contributed by atoms with Gasteiger partial charge in [-0.3, -0.25) is 0 Å². The molecule has 1 N–H and O–H groups in total. The van der Waals surface area contributed by atoms with Crippen LogP contribution < -0.4 is 5.32 Å². The summed E-state index contributed by atoms with van der Waals surface area (Å²) >= 11 is 3.47. The van der Waals surface area contributed by atoms with Crippen molar-refractivity contribution in [2.24, 2.45) is 11.8 Å². The number of nitrogens with zero attached hydrogens (tertiary/aromatic N) is 2. The Balaban J connectivity index is 1.94. The van der Waals surface area contributed by atoms with Crippen LogP contribution in [-0.2, 0) is 6.42 Å². The van der Waals surface area contributed by atoms with E-state index in [-0.39, 0.29) is 0 Å². The first-order valence-corrected chi connectivity index (χ1v) is 8.25. The van der Waals surface area contributed by atoms with Crippen LogP contribution in [-0.4, -0.2) is 16.5 Å². The largest absolute Gasteiger partial charge is 0.370 e. The highest BCUT2D eigenvalue weighted by Gasteiger charge is 2.21. The van der Waals surface area contributed by atoms with Gasteiger partial charge in [0.2, 0.25) is 0 Å². The maximum atomic E-state index is 4.58. The van der Waals surface area contributed by atoms with Gasteiger partial charge >= 0.3 is 0 Å². The summed E-state index contributed by atoms with van der Waals surface area (Å²) in [5, 5.41) is 3.50. The average Bonchev–Trinajstić information content (AvgIpc) is 2.37. The van der Waals surface area contributed by atoms with E-state index in [1.165, 1.54) is 25.7 Å². The molecular weight excluding hydrogens is 302 g/mol. The molecule has 1 aliphatic carbocycles. The zero-order valence-electron chi connectivity index (χ0n) is 12.0. The summed E-state index contributed by atoms with van der Waals surface area (Å²) in [6, 6.07) is 1.98. The maximum absolute atomic E-state index is 4.58. The molecule has 106 valence electrons. The molecule has 1 saturated carbocycles. The molecule has 2 unspecified atom stereocenters. The molecule has 1 fully saturated rings. The van der Waals surface area contributed by atoms with Crippen LogP contribution in [0.3, 0.4) is 0 Å². The van der Waals surface area contributed by atoms with Gasteiger partial charge in [0.15, 0.2) is 0 Å². The number of halogens is 1. The van der Waals surface area contributed by atoms with E-state index in [4.69, 9.17) is 0 Å². The molecule has 0 amide bonds. The number of hydrogen-bond acceptors (Lipinski definition) is 3. The van der Waals surface area contributed by atoms with Gasteiger partial charge in [0.1, 0.15) is 16.2 Å². The lowest BCUT2D eigenvalue weighted by Crippen LogP contribution is -2.24. The second-order valence-electron chi connectivity index (χ2n) is 5.64. The van der Waals surface area contributed by atoms with E-state index >= 15 is 0 Å². The first-order chi connectivity index (χ1) is 9.19. The number of aromatic nitrogens is 2. The van der Waals surface area contributed by atoms with E-state index < -0.39 is 0 Å². The number of aryl methyl sites for hydroxylation is 1. The Morgan fingerprint density at radius 3 is 2.84 bits per heavy atom. The van der Waals surface area contributed by atoms with Gasteiger partial charge in [-0.1, -0.05) is 33.1 Å². The highest BCUT2D eigenvalue weighted by atomic mass is 79.9. The van der Waals surface area contributed by atoms with Crippen molar-refractivity contribution < 1.29 is 0 Å². The van der Waals surface area contributed by atoms with Crippen molar-refractivity contribution in [1.82, 2.24) is 9.97 Å². The van der Waals surface area contributed by atoms with Gasteiger partial charge in [0, 0.05) is 19.0 Å². The second kappa shape index (κ2) is 7.22. The summed E-state index contributed by atoms with van der Waals surface area (Å²) in [5.41, 5.74) is 0. The fourth-order valence-corrected chi connectivity index (χ4v) is 3.24. The third-order valence-corrected chi connectivity index (χ3v) is 4.46. The highest BCUT2D eigenvalue weighted by molar-refractivity contribution is 9.10. The molecule has 2 rings (SSSR count). The van der Waals surface area contributed by atoms with Gasteiger partial charge in [-0.25, -0.2) is 9.97 Å². The minimum absolute atomic E-state index is 0.789. The zero-order chi connectivity index (χ0) is 13.7. The molecule has 3 nitrogen and oxygen atoms in total. The molecule has 0 spiro atoms. The van der Waals surface area contributed by atoms with Gasteiger partial charge in [-0.15, -0.1) is 0 Å². The molecule has 1 aromatic rings. The van der Waals surface area contributed by atoms with Crippen LogP contribution in [0.5, 0.6) is 0 Å².